The molecule has 3 aromatic rings. The topological polar surface area (TPSA) is 54.5 Å². The lowest BCUT2D eigenvalue weighted by atomic mass is 10.0. The zero-order valence-electron chi connectivity index (χ0n) is 14.3. The van der Waals surface area contributed by atoms with Crippen LogP contribution in [0.25, 0.3) is 0 Å². The molecule has 3 aromatic carbocycles. The monoisotopic (exact) mass is 419 g/mol. The van der Waals surface area contributed by atoms with E-state index >= 15 is 0 Å². The largest absolute Gasteiger partial charge is 0.289 e. The molecule has 0 aromatic heterocycles. The molecule has 0 atom stereocenters. The number of benzene rings is 3. The second-order valence-corrected chi connectivity index (χ2v) is 8.63. The molecule has 0 aliphatic carbocycles. The quantitative estimate of drug-likeness (QED) is 0.543. The van der Waals surface area contributed by atoms with Gasteiger partial charge in [0.2, 0.25) is 0 Å². The Balaban J connectivity index is 2.09. The van der Waals surface area contributed by atoms with E-state index in [9.17, 15) is 13.2 Å². The number of hydrogen-bond donors (Lipinski definition) is 0. The van der Waals surface area contributed by atoms with Gasteiger partial charge in [0, 0.05) is 28.2 Å². The summed E-state index contributed by atoms with van der Waals surface area (Å²) in [6, 6.07) is 19.0. The second-order valence-electron chi connectivity index (χ2n) is 5.78. The van der Waals surface area contributed by atoms with E-state index in [1.54, 1.807) is 36.4 Å². The van der Waals surface area contributed by atoms with Crippen LogP contribution in [0.4, 0.5) is 5.69 Å². The summed E-state index contributed by atoms with van der Waals surface area (Å²) in [6.07, 6.45) is 0. The minimum atomic E-state index is -3.88. The zero-order valence-corrected chi connectivity index (χ0v) is 16.6. The van der Waals surface area contributed by atoms with Gasteiger partial charge in [-0.2, -0.15) is 0 Å². The van der Waals surface area contributed by atoms with Gasteiger partial charge in [0.1, 0.15) is 0 Å². The Kier molecular flexibility index (Phi) is 5.56. The van der Waals surface area contributed by atoms with Crippen molar-refractivity contribution >= 4 is 44.7 Å². The molecule has 7 heteroatoms. The Morgan fingerprint density at radius 2 is 1.44 bits per heavy atom. The summed E-state index contributed by atoms with van der Waals surface area (Å²) >= 11 is 11.9. The van der Waals surface area contributed by atoms with Gasteiger partial charge in [-0.15, -0.1) is 0 Å². The maximum atomic E-state index is 13.0. The molecule has 4 nitrogen and oxygen atoms in total. The van der Waals surface area contributed by atoms with E-state index < -0.39 is 10.0 Å². The van der Waals surface area contributed by atoms with Crippen LogP contribution in [0.1, 0.15) is 15.9 Å². The summed E-state index contributed by atoms with van der Waals surface area (Å²) in [5.41, 5.74) is 0.884. The van der Waals surface area contributed by atoms with Crippen molar-refractivity contribution in [1.82, 2.24) is 0 Å². The zero-order chi connectivity index (χ0) is 19.6. The first kappa shape index (κ1) is 19.4. The smallest absolute Gasteiger partial charge is 0.264 e. The first-order chi connectivity index (χ1) is 12.8. The van der Waals surface area contributed by atoms with E-state index in [0.717, 1.165) is 4.31 Å². The third-order valence-electron chi connectivity index (χ3n) is 4.05. The molecule has 138 valence electrons. The van der Waals surface area contributed by atoms with E-state index in [1.165, 1.54) is 43.4 Å². The molecule has 0 saturated heterocycles. The molecular weight excluding hydrogens is 405 g/mol. The summed E-state index contributed by atoms with van der Waals surface area (Å²) in [5, 5.41) is 0.776. The SMILES string of the molecule is CN(c1ccc(Cl)cc1C(=O)c1ccccc1)S(=O)(=O)c1ccc(Cl)cc1. The van der Waals surface area contributed by atoms with Gasteiger partial charge in [0.15, 0.2) is 5.78 Å². The number of anilines is 1. The average Bonchev–Trinajstić information content (AvgIpc) is 2.68. The minimum Gasteiger partial charge on any atom is -0.289 e. The molecule has 0 bridgehead atoms. The summed E-state index contributed by atoms with van der Waals surface area (Å²) < 4.78 is 27.0. The maximum Gasteiger partial charge on any atom is 0.264 e. The predicted molar refractivity (Wildman–Crippen MR) is 108 cm³/mol. The van der Waals surface area contributed by atoms with Gasteiger partial charge < -0.3 is 0 Å². The number of carbonyl (C=O) groups excluding carboxylic acids is 1. The van der Waals surface area contributed by atoms with Crippen molar-refractivity contribution in [2.24, 2.45) is 0 Å². The third-order valence-corrected chi connectivity index (χ3v) is 6.32. The van der Waals surface area contributed by atoms with E-state index in [2.05, 4.69) is 0 Å². The van der Waals surface area contributed by atoms with Gasteiger partial charge in [0.05, 0.1) is 10.6 Å². The maximum absolute atomic E-state index is 13.0. The molecule has 3 rings (SSSR count). The van der Waals surface area contributed by atoms with Crippen LogP contribution in [0.2, 0.25) is 10.0 Å². The van der Waals surface area contributed by atoms with Gasteiger partial charge in [-0.05, 0) is 42.5 Å². The van der Waals surface area contributed by atoms with E-state index in [0.29, 0.717) is 15.6 Å². The number of halogens is 2. The molecule has 27 heavy (non-hydrogen) atoms. The van der Waals surface area contributed by atoms with Crippen molar-refractivity contribution in [3.8, 4) is 0 Å². The van der Waals surface area contributed by atoms with Crippen LogP contribution in [0.3, 0.4) is 0 Å². The van der Waals surface area contributed by atoms with Crippen LogP contribution in [-0.2, 0) is 10.0 Å². The van der Waals surface area contributed by atoms with Gasteiger partial charge in [-0.3, -0.25) is 9.10 Å². The van der Waals surface area contributed by atoms with Crippen molar-refractivity contribution < 1.29 is 13.2 Å². The van der Waals surface area contributed by atoms with Gasteiger partial charge in [-0.1, -0.05) is 53.5 Å². The highest BCUT2D eigenvalue weighted by Crippen LogP contribution is 2.30. The summed E-state index contributed by atoms with van der Waals surface area (Å²) in [5.74, 6) is -0.314. The molecule has 0 unspecified atom stereocenters. The molecule has 0 aliphatic rings. The van der Waals surface area contributed by atoms with Crippen LogP contribution < -0.4 is 4.31 Å². The fraction of sp³-hybridized carbons (Fsp3) is 0.0500. The van der Waals surface area contributed by atoms with Crippen LogP contribution in [0.5, 0.6) is 0 Å². The minimum absolute atomic E-state index is 0.0717. The summed E-state index contributed by atoms with van der Waals surface area (Å²) in [4.78, 5) is 13.0. The lowest BCUT2D eigenvalue weighted by molar-refractivity contribution is 0.103. The van der Waals surface area contributed by atoms with Crippen LogP contribution in [0.15, 0.2) is 77.7 Å². The Hall–Kier alpha value is -2.34. The van der Waals surface area contributed by atoms with Crippen molar-refractivity contribution in [2.45, 2.75) is 4.90 Å². The number of hydrogen-bond acceptors (Lipinski definition) is 3. The highest BCUT2D eigenvalue weighted by Gasteiger charge is 2.26. The van der Waals surface area contributed by atoms with Crippen molar-refractivity contribution in [3.05, 3.63) is 94.0 Å². The predicted octanol–water partition coefficient (Wildman–Crippen LogP) is 5.05. The molecular formula is C20H15Cl2NO3S. The molecule has 0 amide bonds. The number of sulfonamides is 1. The first-order valence-electron chi connectivity index (χ1n) is 7.94. The fourth-order valence-corrected chi connectivity index (χ4v) is 4.12. The Labute approximate surface area is 168 Å². The standard InChI is InChI=1S/C20H15Cl2NO3S/c1-23(27(25,26)17-10-7-15(21)8-11-17)19-12-9-16(22)13-18(19)20(24)14-5-3-2-4-6-14/h2-13H,1H3. The second kappa shape index (κ2) is 7.72. The van der Waals surface area contributed by atoms with E-state index in [1.807, 2.05) is 0 Å². The average molecular weight is 420 g/mol. The van der Waals surface area contributed by atoms with Crippen LogP contribution in [-0.4, -0.2) is 21.2 Å². The lowest BCUT2D eigenvalue weighted by Crippen LogP contribution is -2.28. The van der Waals surface area contributed by atoms with Crippen molar-refractivity contribution in [1.29, 1.82) is 0 Å². The molecule has 0 spiro atoms. The van der Waals surface area contributed by atoms with Gasteiger partial charge in [0.25, 0.3) is 10.0 Å². The molecule has 0 radical (unpaired) electrons. The van der Waals surface area contributed by atoms with Crippen molar-refractivity contribution in [3.63, 3.8) is 0 Å². The molecule has 0 N–H and O–H groups in total. The molecule has 0 heterocycles. The first-order valence-corrected chi connectivity index (χ1v) is 10.1. The number of rotatable bonds is 5. The Bertz CT molecular complexity index is 1080. The summed E-state index contributed by atoms with van der Waals surface area (Å²) in [6.45, 7) is 0. The van der Waals surface area contributed by atoms with Crippen molar-refractivity contribution in [2.75, 3.05) is 11.4 Å². The number of carbonyl (C=O) groups is 1. The summed E-state index contributed by atoms with van der Waals surface area (Å²) in [7, 11) is -2.48. The normalized spacial score (nSPS) is 11.2. The fourth-order valence-electron chi connectivity index (χ4n) is 2.60. The van der Waals surface area contributed by atoms with E-state index in [-0.39, 0.29) is 21.9 Å². The Morgan fingerprint density at radius 3 is 2.07 bits per heavy atom. The molecule has 0 saturated carbocycles. The lowest BCUT2D eigenvalue weighted by Gasteiger charge is -2.22. The highest BCUT2D eigenvalue weighted by atomic mass is 35.5. The van der Waals surface area contributed by atoms with Crippen LogP contribution in [0, 0.1) is 0 Å². The molecule has 0 fully saturated rings. The number of nitrogens with zero attached hydrogens (tertiary/aromatic N) is 1. The van der Waals surface area contributed by atoms with Gasteiger partial charge in [-0.25, -0.2) is 8.42 Å². The molecule has 0 aliphatic heterocycles. The Morgan fingerprint density at radius 1 is 0.852 bits per heavy atom. The van der Waals surface area contributed by atoms with Crippen LogP contribution >= 0.6 is 23.2 Å². The van der Waals surface area contributed by atoms with E-state index in [4.69, 9.17) is 23.2 Å². The van der Waals surface area contributed by atoms with Gasteiger partial charge >= 0.3 is 0 Å². The highest BCUT2D eigenvalue weighted by molar-refractivity contribution is 7.92. The third kappa shape index (κ3) is 4.00. The number of ketones is 1.